The lowest BCUT2D eigenvalue weighted by Crippen LogP contribution is -2.44. The van der Waals surface area contributed by atoms with E-state index in [9.17, 15) is 14.4 Å². The highest BCUT2D eigenvalue weighted by molar-refractivity contribution is 5.83. The van der Waals surface area contributed by atoms with Gasteiger partial charge < -0.3 is 15.1 Å². The van der Waals surface area contributed by atoms with Crippen LogP contribution in [-0.2, 0) is 14.4 Å². The zero-order valence-corrected chi connectivity index (χ0v) is 8.77. The van der Waals surface area contributed by atoms with Gasteiger partial charge in [0, 0.05) is 13.0 Å². The molecule has 0 spiro atoms. The van der Waals surface area contributed by atoms with E-state index < -0.39 is 18.0 Å². The first-order valence-corrected chi connectivity index (χ1v) is 4.64. The van der Waals surface area contributed by atoms with Crippen LogP contribution in [-0.4, -0.2) is 45.5 Å². The Bertz CT molecular complexity index is 263. The molecule has 6 heteroatoms. The summed E-state index contributed by atoms with van der Waals surface area (Å²) in [6.07, 6.45) is -0.0827. The largest absolute Gasteiger partial charge is 0.481 e. The van der Waals surface area contributed by atoms with Crippen molar-refractivity contribution in [3.63, 3.8) is 0 Å². The summed E-state index contributed by atoms with van der Waals surface area (Å²) in [5.41, 5.74) is 0. The number of carboxylic acid groups (broad SMARTS) is 2. The summed E-state index contributed by atoms with van der Waals surface area (Å²) in [7, 11) is 0. The third-order valence-corrected chi connectivity index (χ3v) is 2.01. The lowest BCUT2D eigenvalue weighted by molar-refractivity contribution is -0.150. The Labute approximate surface area is 87.5 Å². The molecule has 0 aromatic carbocycles. The summed E-state index contributed by atoms with van der Waals surface area (Å²) >= 11 is 0. The fourth-order valence-corrected chi connectivity index (χ4v) is 1.09. The van der Waals surface area contributed by atoms with Crippen molar-refractivity contribution in [2.24, 2.45) is 0 Å². The summed E-state index contributed by atoms with van der Waals surface area (Å²) in [4.78, 5) is 33.4. The smallest absolute Gasteiger partial charge is 0.326 e. The van der Waals surface area contributed by atoms with Crippen molar-refractivity contribution in [1.29, 1.82) is 0 Å². The highest BCUT2D eigenvalue weighted by atomic mass is 16.4. The van der Waals surface area contributed by atoms with Crippen LogP contribution < -0.4 is 0 Å². The number of carbonyl (C=O) groups excluding carboxylic acids is 1. The topological polar surface area (TPSA) is 94.9 Å². The number of carboxylic acids is 2. The van der Waals surface area contributed by atoms with Gasteiger partial charge in [-0.3, -0.25) is 9.59 Å². The van der Waals surface area contributed by atoms with Gasteiger partial charge in [-0.15, -0.1) is 0 Å². The van der Waals surface area contributed by atoms with Gasteiger partial charge in [0.2, 0.25) is 5.91 Å². The second-order valence-electron chi connectivity index (χ2n) is 3.10. The van der Waals surface area contributed by atoms with Crippen molar-refractivity contribution in [3.8, 4) is 0 Å². The lowest BCUT2D eigenvalue weighted by atomic mass is 10.2. The van der Waals surface area contributed by atoms with Crippen LogP contribution in [0.1, 0.15) is 26.7 Å². The van der Waals surface area contributed by atoms with Crippen LogP contribution in [0, 0.1) is 0 Å². The van der Waals surface area contributed by atoms with E-state index in [1.165, 1.54) is 6.92 Å². The number of amides is 1. The highest BCUT2D eigenvalue weighted by Gasteiger charge is 2.24. The van der Waals surface area contributed by atoms with Gasteiger partial charge >= 0.3 is 11.9 Å². The maximum absolute atomic E-state index is 11.3. The molecule has 0 saturated heterocycles. The van der Waals surface area contributed by atoms with Gasteiger partial charge in [-0.05, 0) is 6.92 Å². The third-order valence-electron chi connectivity index (χ3n) is 2.01. The molecule has 0 aliphatic rings. The van der Waals surface area contributed by atoms with Crippen LogP contribution in [0.3, 0.4) is 0 Å². The molecule has 0 heterocycles. The second-order valence-corrected chi connectivity index (χ2v) is 3.10. The van der Waals surface area contributed by atoms with Crippen molar-refractivity contribution in [2.45, 2.75) is 32.7 Å². The Morgan fingerprint density at radius 1 is 1.27 bits per heavy atom. The minimum absolute atomic E-state index is 0.0739. The van der Waals surface area contributed by atoms with Gasteiger partial charge in [-0.1, -0.05) is 6.92 Å². The maximum Gasteiger partial charge on any atom is 0.326 e. The molecule has 0 aromatic heterocycles. The van der Waals surface area contributed by atoms with Crippen molar-refractivity contribution >= 4 is 17.8 Å². The fraction of sp³-hybridized carbons (Fsp3) is 0.667. The molecule has 1 unspecified atom stereocenters. The SMILES string of the molecule is CCC(=O)N(CCC(=O)O)C(C)C(=O)O. The number of nitrogens with zero attached hydrogens (tertiary/aromatic N) is 1. The molecule has 0 aromatic rings. The molecule has 1 amide bonds. The van der Waals surface area contributed by atoms with E-state index in [1.807, 2.05) is 0 Å². The molecule has 0 radical (unpaired) electrons. The van der Waals surface area contributed by atoms with E-state index in [1.54, 1.807) is 6.92 Å². The average molecular weight is 217 g/mol. The Morgan fingerprint density at radius 3 is 2.13 bits per heavy atom. The monoisotopic (exact) mass is 217 g/mol. The van der Waals surface area contributed by atoms with Gasteiger partial charge in [0.05, 0.1) is 6.42 Å². The second kappa shape index (κ2) is 6.00. The van der Waals surface area contributed by atoms with Gasteiger partial charge in [-0.2, -0.15) is 0 Å². The van der Waals surface area contributed by atoms with E-state index in [0.717, 1.165) is 4.90 Å². The first-order valence-electron chi connectivity index (χ1n) is 4.64. The van der Waals surface area contributed by atoms with Gasteiger partial charge in [0.15, 0.2) is 0 Å². The Hall–Kier alpha value is -1.59. The van der Waals surface area contributed by atoms with Crippen LogP contribution in [0.2, 0.25) is 0 Å². The molecule has 0 aliphatic carbocycles. The number of aliphatic carboxylic acids is 2. The van der Waals surface area contributed by atoms with E-state index >= 15 is 0 Å². The lowest BCUT2D eigenvalue weighted by Gasteiger charge is -2.25. The molecule has 86 valence electrons. The summed E-state index contributed by atoms with van der Waals surface area (Å²) < 4.78 is 0. The minimum atomic E-state index is -1.14. The molecule has 0 rings (SSSR count). The third kappa shape index (κ3) is 4.44. The van der Waals surface area contributed by atoms with E-state index in [4.69, 9.17) is 10.2 Å². The van der Waals surface area contributed by atoms with Crippen LogP contribution in [0.15, 0.2) is 0 Å². The van der Waals surface area contributed by atoms with Crippen LogP contribution in [0.4, 0.5) is 0 Å². The zero-order valence-electron chi connectivity index (χ0n) is 8.77. The molecule has 6 nitrogen and oxygen atoms in total. The molecule has 0 aliphatic heterocycles. The van der Waals surface area contributed by atoms with E-state index in [-0.39, 0.29) is 25.3 Å². The standard InChI is InChI=1S/C9H15NO5/c1-3-7(11)10(5-4-8(12)13)6(2)9(14)15/h6H,3-5H2,1-2H3,(H,12,13)(H,14,15). The molecule has 1 atom stereocenters. The van der Waals surface area contributed by atoms with E-state index in [2.05, 4.69) is 0 Å². The summed E-state index contributed by atoms with van der Waals surface area (Å²) in [6, 6.07) is -0.989. The van der Waals surface area contributed by atoms with Gasteiger partial charge in [0.25, 0.3) is 0 Å². The number of hydrogen-bond acceptors (Lipinski definition) is 3. The summed E-state index contributed by atoms with van der Waals surface area (Å²) in [5, 5.41) is 17.2. The maximum atomic E-state index is 11.3. The predicted octanol–water partition coefficient (Wildman–Crippen LogP) is 0.173. The Kier molecular flexibility index (Phi) is 5.36. The zero-order chi connectivity index (χ0) is 12.0. The first-order chi connectivity index (χ1) is 6.90. The summed E-state index contributed by atoms with van der Waals surface area (Å²) in [6.45, 7) is 2.89. The summed E-state index contributed by atoms with van der Waals surface area (Å²) in [5.74, 6) is -2.55. The van der Waals surface area contributed by atoms with Crippen LogP contribution in [0.5, 0.6) is 0 Å². The van der Waals surface area contributed by atoms with Crippen molar-refractivity contribution in [1.82, 2.24) is 4.90 Å². The molecular weight excluding hydrogens is 202 g/mol. The van der Waals surface area contributed by atoms with Gasteiger partial charge in [-0.25, -0.2) is 4.79 Å². The van der Waals surface area contributed by atoms with Crippen LogP contribution in [0.25, 0.3) is 0 Å². The fourth-order valence-electron chi connectivity index (χ4n) is 1.09. The van der Waals surface area contributed by atoms with Gasteiger partial charge in [0.1, 0.15) is 6.04 Å². The Balaban J connectivity index is 4.50. The number of hydrogen-bond donors (Lipinski definition) is 2. The molecule has 15 heavy (non-hydrogen) atoms. The van der Waals surface area contributed by atoms with Crippen molar-refractivity contribution in [3.05, 3.63) is 0 Å². The van der Waals surface area contributed by atoms with Crippen molar-refractivity contribution in [2.75, 3.05) is 6.54 Å². The quantitative estimate of drug-likeness (QED) is 0.661. The normalized spacial score (nSPS) is 11.9. The number of carbonyl (C=O) groups is 3. The molecule has 0 fully saturated rings. The van der Waals surface area contributed by atoms with Crippen molar-refractivity contribution < 1.29 is 24.6 Å². The Morgan fingerprint density at radius 2 is 1.80 bits per heavy atom. The highest BCUT2D eigenvalue weighted by Crippen LogP contribution is 2.04. The van der Waals surface area contributed by atoms with Crippen LogP contribution >= 0.6 is 0 Å². The predicted molar refractivity (Wildman–Crippen MR) is 51.4 cm³/mol. The molecule has 0 bridgehead atoms. The molecule has 0 saturated carbocycles. The van der Waals surface area contributed by atoms with E-state index in [0.29, 0.717) is 0 Å². The minimum Gasteiger partial charge on any atom is -0.481 e. The number of rotatable bonds is 6. The molecular formula is C9H15NO5. The average Bonchev–Trinajstić information content (AvgIpc) is 2.16. The molecule has 2 N–H and O–H groups in total. The first kappa shape index (κ1) is 13.4.